The van der Waals surface area contributed by atoms with Gasteiger partial charge in [-0.2, -0.15) is 0 Å². The third-order valence-corrected chi connectivity index (χ3v) is 0.413. The zero-order valence-electron chi connectivity index (χ0n) is 4.20. The lowest BCUT2D eigenvalue weighted by molar-refractivity contribution is -0.116. The number of nitrogens with two attached hydrogens (primary N) is 1. The first-order valence-corrected chi connectivity index (χ1v) is 1.99. The van der Waals surface area contributed by atoms with Crippen molar-refractivity contribution < 1.29 is 9.59 Å². The van der Waals surface area contributed by atoms with Crippen LogP contribution in [0.2, 0.25) is 0 Å². The third-order valence-electron chi connectivity index (χ3n) is 0.413. The average molecular weight is 114 g/mol. The van der Waals surface area contributed by atoms with Crippen molar-refractivity contribution in [2.24, 2.45) is 10.7 Å². The second kappa shape index (κ2) is 3.98. The summed E-state index contributed by atoms with van der Waals surface area (Å²) in [5, 5.41) is 0. The molecule has 4 heteroatoms. The molecule has 0 atom stereocenters. The second-order valence-electron chi connectivity index (χ2n) is 1.09. The fourth-order valence-corrected chi connectivity index (χ4v) is 0.186. The summed E-state index contributed by atoms with van der Waals surface area (Å²) in [5.41, 5.74) is 4.66. The number of carbonyl (C=O) groups excluding carboxylic acids is 2. The minimum Gasteiger partial charge on any atom is -0.368 e. The summed E-state index contributed by atoms with van der Waals surface area (Å²) in [4.78, 5) is 22.7. The highest BCUT2D eigenvalue weighted by Crippen LogP contribution is 1.61. The predicted molar refractivity (Wildman–Crippen MR) is 28.6 cm³/mol. The second-order valence-corrected chi connectivity index (χ2v) is 1.09. The smallest absolute Gasteiger partial charge is 0.239 e. The van der Waals surface area contributed by atoms with Gasteiger partial charge in [0.2, 0.25) is 5.91 Å². The molecule has 1 amide bonds. The molecule has 0 aliphatic heterocycles. The Hall–Kier alpha value is -1.19. The molecular formula is C4H6N2O2. The number of rotatable bonds is 3. The summed E-state index contributed by atoms with van der Waals surface area (Å²) in [6.45, 7) is -0.112. The number of carbonyl (C=O) groups is 2. The minimum atomic E-state index is -0.539. The normalized spacial score (nSPS) is 9.50. The number of amides is 1. The van der Waals surface area contributed by atoms with Crippen molar-refractivity contribution in [3.63, 3.8) is 0 Å². The van der Waals surface area contributed by atoms with Gasteiger partial charge in [-0.1, -0.05) is 0 Å². The fourth-order valence-electron chi connectivity index (χ4n) is 0.186. The number of hydrogen-bond acceptors (Lipinski definition) is 3. The van der Waals surface area contributed by atoms with Gasteiger partial charge in [0.25, 0.3) is 0 Å². The van der Waals surface area contributed by atoms with Gasteiger partial charge in [-0.3, -0.25) is 14.6 Å². The van der Waals surface area contributed by atoms with E-state index in [1.54, 1.807) is 0 Å². The Kier molecular flexibility index (Phi) is 3.39. The first-order valence-electron chi connectivity index (χ1n) is 1.99. The van der Waals surface area contributed by atoms with E-state index in [2.05, 4.69) is 10.7 Å². The molecular weight excluding hydrogens is 108 g/mol. The molecule has 0 rings (SSSR count). The van der Waals surface area contributed by atoms with E-state index >= 15 is 0 Å². The Bertz CT molecular complexity index is 119. The topological polar surface area (TPSA) is 72.5 Å². The third kappa shape index (κ3) is 4.81. The summed E-state index contributed by atoms with van der Waals surface area (Å²) >= 11 is 0. The molecule has 2 N–H and O–H groups in total. The summed E-state index contributed by atoms with van der Waals surface area (Å²) in [7, 11) is 0. The van der Waals surface area contributed by atoms with Crippen LogP contribution in [0.3, 0.4) is 0 Å². The minimum absolute atomic E-state index is 0.112. The Morgan fingerprint density at radius 2 is 2.38 bits per heavy atom. The maximum Gasteiger partial charge on any atom is 0.239 e. The first kappa shape index (κ1) is 6.81. The van der Waals surface area contributed by atoms with E-state index in [0.717, 1.165) is 6.21 Å². The van der Waals surface area contributed by atoms with Gasteiger partial charge in [-0.15, -0.1) is 0 Å². The monoisotopic (exact) mass is 114 g/mol. The van der Waals surface area contributed by atoms with Gasteiger partial charge in [-0.05, 0) is 0 Å². The summed E-state index contributed by atoms with van der Waals surface area (Å²) < 4.78 is 0. The number of nitrogens with zero attached hydrogens (tertiary/aromatic N) is 1. The molecule has 0 bridgehead atoms. The van der Waals surface area contributed by atoms with Crippen molar-refractivity contribution in [3.8, 4) is 0 Å². The highest BCUT2D eigenvalue weighted by Gasteiger charge is 1.84. The number of primary amides is 1. The molecule has 44 valence electrons. The summed E-state index contributed by atoms with van der Waals surface area (Å²) in [6, 6.07) is 0. The largest absolute Gasteiger partial charge is 0.368 e. The molecule has 4 nitrogen and oxygen atoms in total. The lowest BCUT2D eigenvalue weighted by Crippen LogP contribution is -2.13. The molecule has 0 spiro atoms. The van der Waals surface area contributed by atoms with Crippen molar-refractivity contribution in [3.05, 3.63) is 0 Å². The van der Waals surface area contributed by atoms with E-state index in [0.29, 0.717) is 6.29 Å². The molecule has 0 heterocycles. The lowest BCUT2D eigenvalue weighted by atomic mass is 10.6. The van der Waals surface area contributed by atoms with Gasteiger partial charge in [0.15, 0.2) is 6.29 Å². The molecule has 0 saturated heterocycles. The van der Waals surface area contributed by atoms with Crippen LogP contribution in [0.1, 0.15) is 0 Å². The van der Waals surface area contributed by atoms with Crippen molar-refractivity contribution in [1.29, 1.82) is 0 Å². The van der Waals surface area contributed by atoms with Gasteiger partial charge < -0.3 is 5.73 Å². The van der Waals surface area contributed by atoms with Crippen LogP contribution in [0.4, 0.5) is 0 Å². The molecule has 0 aliphatic rings. The predicted octanol–water partition coefficient (Wildman–Crippen LogP) is -1.26. The highest BCUT2D eigenvalue weighted by atomic mass is 16.1. The molecule has 0 unspecified atom stereocenters. The lowest BCUT2D eigenvalue weighted by Gasteiger charge is -1.79. The van der Waals surface area contributed by atoms with Crippen molar-refractivity contribution in [1.82, 2.24) is 0 Å². The van der Waals surface area contributed by atoms with Crippen LogP contribution >= 0.6 is 0 Å². The van der Waals surface area contributed by atoms with Crippen LogP contribution in [0.5, 0.6) is 0 Å². The zero-order chi connectivity index (χ0) is 6.41. The molecule has 8 heavy (non-hydrogen) atoms. The Morgan fingerprint density at radius 1 is 1.75 bits per heavy atom. The van der Waals surface area contributed by atoms with E-state index in [4.69, 9.17) is 0 Å². The highest BCUT2D eigenvalue weighted by molar-refractivity contribution is 6.13. The van der Waals surface area contributed by atoms with E-state index in [-0.39, 0.29) is 6.54 Å². The van der Waals surface area contributed by atoms with E-state index in [1.165, 1.54) is 0 Å². The van der Waals surface area contributed by atoms with Crippen LogP contribution in [0, 0.1) is 0 Å². The molecule has 0 aromatic carbocycles. The van der Waals surface area contributed by atoms with Crippen LogP contribution < -0.4 is 5.73 Å². The summed E-state index contributed by atoms with van der Waals surface area (Å²) in [5.74, 6) is -0.539. The number of aliphatic imine (C=N–C) groups is 1. The Balaban J connectivity index is 3.29. The molecule has 0 aromatic rings. The van der Waals surface area contributed by atoms with Crippen molar-refractivity contribution >= 4 is 18.4 Å². The van der Waals surface area contributed by atoms with Crippen molar-refractivity contribution in [2.45, 2.75) is 0 Å². The number of hydrogen-bond donors (Lipinski definition) is 1. The fraction of sp³-hybridized carbons (Fsp3) is 0.250. The average Bonchev–Trinajstić information content (AvgIpc) is 1.66. The molecule has 0 saturated carbocycles. The molecule has 0 radical (unpaired) electrons. The standard InChI is InChI=1S/C4H6N2O2/c5-4(8)3-6-1-2-7/h1-2H,3H2,(H2,5,8). The van der Waals surface area contributed by atoms with Crippen LogP contribution in [0.15, 0.2) is 4.99 Å². The Morgan fingerprint density at radius 3 is 2.75 bits per heavy atom. The SMILES string of the molecule is NC(=O)CN=CC=O. The number of aldehydes is 1. The van der Waals surface area contributed by atoms with Gasteiger partial charge in [0, 0.05) is 0 Å². The van der Waals surface area contributed by atoms with E-state index in [1.807, 2.05) is 0 Å². The molecule has 0 aromatic heterocycles. The first-order chi connectivity index (χ1) is 3.77. The van der Waals surface area contributed by atoms with Gasteiger partial charge in [0.05, 0.1) is 6.21 Å². The van der Waals surface area contributed by atoms with Gasteiger partial charge in [-0.25, -0.2) is 0 Å². The Labute approximate surface area is 46.4 Å². The molecule has 0 aliphatic carbocycles. The van der Waals surface area contributed by atoms with E-state index < -0.39 is 5.91 Å². The summed E-state index contributed by atoms with van der Waals surface area (Å²) in [6.07, 6.45) is 1.48. The van der Waals surface area contributed by atoms with Crippen LogP contribution in [-0.4, -0.2) is 25.0 Å². The molecule has 0 fully saturated rings. The van der Waals surface area contributed by atoms with Gasteiger partial charge in [0.1, 0.15) is 6.54 Å². The van der Waals surface area contributed by atoms with Crippen molar-refractivity contribution in [2.75, 3.05) is 6.54 Å². The maximum absolute atomic E-state index is 9.87. The maximum atomic E-state index is 9.87. The zero-order valence-corrected chi connectivity index (χ0v) is 4.20. The van der Waals surface area contributed by atoms with E-state index in [9.17, 15) is 9.59 Å². The van der Waals surface area contributed by atoms with Gasteiger partial charge >= 0.3 is 0 Å². The quantitative estimate of drug-likeness (QED) is 0.367. The van der Waals surface area contributed by atoms with Crippen LogP contribution in [-0.2, 0) is 9.59 Å². The van der Waals surface area contributed by atoms with Crippen LogP contribution in [0.25, 0.3) is 0 Å².